The molecule has 88 valence electrons. The molecule has 1 heterocycles. The van der Waals surface area contributed by atoms with Crippen molar-refractivity contribution in [2.45, 2.75) is 45.3 Å². The third kappa shape index (κ3) is 3.65. The van der Waals surface area contributed by atoms with E-state index in [0.717, 1.165) is 19.3 Å². The van der Waals surface area contributed by atoms with Crippen molar-refractivity contribution in [1.82, 2.24) is 5.32 Å². The predicted octanol–water partition coefficient (Wildman–Crippen LogP) is 1.94. The third-order valence-electron chi connectivity index (χ3n) is 2.88. The molecule has 1 N–H and O–H groups in total. The zero-order valence-corrected chi connectivity index (χ0v) is 10.2. The maximum Gasteiger partial charge on any atom is 0.226 e. The number of carbonyl (C=O) groups excluding carboxylic acids is 1. The van der Waals surface area contributed by atoms with E-state index in [-0.39, 0.29) is 24.0 Å². The average Bonchev–Trinajstić information content (AvgIpc) is 2.65. The number of nitrogens with one attached hydrogen (secondary N) is 1. The molecule has 3 atom stereocenters. The van der Waals surface area contributed by atoms with Gasteiger partial charge in [0.05, 0.1) is 12.0 Å². The van der Waals surface area contributed by atoms with Gasteiger partial charge in [0.2, 0.25) is 5.91 Å². The van der Waals surface area contributed by atoms with Gasteiger partial charge in [0.25, 0.3) is 0 Å². The Bertz CT molecular complexity index is 211. The van der Waals surface area contributed by atoms with Crippen LogP contribution in [-0.4, -0.2) is 30.5 Å². The van der Waals surface area contributed by atoms with Crippen LogP contribution in [0.15, 0.2) is 0 Å². The summed E-state index contributed by atoms with van der Waals surface area (Å²) in [5.74, 6) is 0.740. The molecule has 0 aliphatic carbocycles. The number of rotatable bonds is 5. The maximum absolute atomic E-state index is 11.9. The van der Waals surface area contributed by atoms with Crippen molar-refractivity contribution in [1.29, 1.82) is 0 Å². The Morgan fingerprint density at radius 2 is 2.40 bits per heavy atom. The van der Waals surface area contributed by atoms with Gasteiger partial charge in [-0.1, -0.05) is 6.92 Å². The summed E-state index contributed by atoms with van der Waals surface area (Å²) in [5, 5.41) is 2.98. The fraction of sp³-hybridized carbons (Fsp3) is 0.909. The van der Waals surface area contributed by atoms with E-state index in [9.17, 15) is 4.79 Å². The monoisotopic (exact) mass is 233 g/mol. The molecule has 1 rings (SSSR count). The molecule has 0 aromatic carbocycles. The summed E-state index contributed by atoms with van der Waals surface area (Å²) >= 11 is 5.62. The van der Waals surface area contributed by atoms with Crippen molar-refractivity contribution in [3.05, 3.63) is 0 Å². The van der Waals surface area contributed by atoms with Gasteiger partial charge in [-0.15, -0.1) is 11.6 Å². The summed E-state index contributed by atoms with van der Waals surface area (Å²) in [7, 11) is 0. The molecule has 3 unspecified atom stereocenters. The Labute approximate surface area is 96.5 Å². The van der Waals surface area contributed by atoms with Crippen LogP contribution in [0.3, 0.4) is 0 Å². The average molecular weight is 234 g/mol. The van der Waals surface area contributed by atoms with Crippen LogP contribution in [0.2, 0.25) is 0 Å². The second kappa shape index (κ2) is 6.33. The Hall–Kier alpha value is -0.280. The lowest BCUT2D eigenvalue weighted by Crippen LogP contribution is -2.40. The van der Waals surface area contributed by atoms with Crippen LogP contribution < -0.4 is 5.32 Å². The Morgan fingerprint density at radius 3 is 3.00 bits per heavy atom. The van der Waals surface area contributed by atoms with Gasteiger partial charge in [-0.3, -0.25) is 4.79 Å². The normalized spacial score (nSPS) is 27.7. The van der Waals surface area contributed by atoms with E-state index in [1.54, 1.807) is 0 Å². The van der Waals surface area contributed by atoms with Crippen molar-refractivity contribution in [3.8, 4) is 0 Å². The van der Waals surface area contributed by atoms with E-state index >= 15 is 0 Å². The number of amides is 1. The van der Waals surface area contributed by atoms with Crippen LogP contribution in [0.5, 0.6) is 0 Å². The van der Waals surface area contributed by atoms with Gasteiger partial charge in [0.1, 0.15) is 0 Å². The van der Waals surface area contributed by atoms with Crippen molar-refractivity contribution in [2.24, 2.45) is 5.92 Å². The zero-order valence-electron chi connectivity index (χ0n) is 9.46. The first kappa shape index (κ1) is 12.8. The fourth-order valence-corrected chi connectivity index (χ4v) is 2.26. The predicted molar refractivity (Wildman–Crippen MR) is 61.1 cm³/mol. The van der Waals surface area contributed by atoms with E-state index in [4.69, 9.17) is 16.3 Å². The molecule has 0 saturated carbocycles. The molecule has 1 fully saturated rings. The highest BCUT2D eigenvalue weighted by atomic mass is 35.5. The minimum absolute atomic E-state index is 0.0350. The highest BCUT2D eigenvalue weighted by Gasteiger charge is 2.32. The van der Waals surface area contributed by atoms with Gasteiger partial charge in [0, 0.05) is 18.5 Å². The largest absolute Gasteiger partial charge is 0.377 e. The number of hydrogen-bond acceptors (Lipinski definition) is 2. The number of hydrogen-bond donors (Lipinski definition) is 1. The minimum atomic E-state index is 0.0350. The molecule has 0 bridgehead atoms. The van der Waals surface area contributed by atoms with Crippen LogP contribution in [0, 0.1) is 5.92 Å². The first-order chi connectivity index (χ1) is 7.19. The summed E-state index contributed by atoms with van der Waals surface area (Å²) in [6.45, 7) is 4.75. The highest BCUT2D eigenvalue weighted by molar-refractivity contribution is 6.17. The molecule has 0 spiro atoms. The van der Waals surface area contributed by atoms with Gasteiger partial charge in [-0.25, -0.2) is 0 Å². The van der Waals surface area contributed by atoms with E-state index in [1.165, 1.54) is 0 Å². The van der Waals surface area contributed by atoms with Crippen molar-refractivity contribution < 1.29 is 9.53 Å². The van der Waals surface area contributed by atoms with Crippen LogP contribution in [0.4, 0.5) is 0 Å². The number of halogens is 1. The lowest BCUT2D eigenvalue weighted by Gasteiger charge is -2.19. The van der Waals surface area contributed by atoms with E-state index in [2.05, 4.69) is 12.2 Å². The summed E-state index contributed by atoms with van der Waals surface area (Å²) < 4.78 is 5.49. The van der Waals surface area contributed by atoms with Gasteiger partial charge in [0.15, 0.2) is 0 Å². The number of alkyl halides is 1. The Balaban J connectivity index is 2.38. The van der Waals surface area contributed by atoms with E-state index in [1.807, 2.05) is 6.92 Å². The Morgan fingerprint density at radius 1 is 1.67 bits per heavy atom. The molecule has 15 heavy (non-hydrogen) atoms. The second-order valence-electron chi connectivity index (χ2n) is 4.10. The molecular formula is C11H20ClNO2. The topological polar surface area (TPSA) is 38.3 Å². The number of ether oxygens (including phenoxy) is 1. The quantitative estimate of drug-likeness (QED) is 0.737. The molecule has 1 saturated heterocycles. The minimum Gasteiger partial charge on any atom is -0.377 e. The molecule has 4 heteroatoms. The lowest BCUT2D eigenvalue weighted by atomic mass is 9.98. The molecule has 1 amide bonds. The molecule has 1 aliphatic rings. The number of carbonyl (C=O) groups is 1. The van der Waals surface area contributed by atoms with Crippen molar-refractivity contribution >= 4 is 17.5 Å². The molecule has 0 aromatic heterocycles. The molecule has 0 aromatic rings. The molecule has 0 radical (unpaired) electrons. The second-order valence-corrected chi connectivity index (χ2v) is 4.48. The first-order valence-corrected chi connectivity index (χ1v) is 6.20. The highest BCUT2D eigenvalue weighted by Crippen LogP contribution is 2.23. The zero-order chi connectivity index (χ0) is 11.3. The van der Waals surface area contributed by atoms with E-state index in [0.29, 0.717) is 12.5 Å². The summed E-state index contributed by atoms with van der Waals surface area (Å²) in [6.07, 6.45) is 2.67. The summed E-state index contributed by atoms with van der Waals surface area (Å²) in [6, 6.07) is 0.160. The maximum atomic E-state index is 11.9. The molecule has 1 aliphatic heterocycles. The molecule has 3 nitrogen and oxygen atoms in total. The summed E-state index contributed by atoms with van der Waals surface area (Å²) in [4.78, 5) is 11.9. The van der Waals surface area contributed by atoms with Crippen molar-refractivity contribution in [3.63, 3.8) is 0 Å². The lowest BCUT2D eigenvalue weighted by molar-refractivity contribution is -0.127. The first-order valence-electron chi connectivity index (χ1n) is 5.67. The molecular weight excluding hydrogens is 214 g/mol. The van der Waals surface area contributed by atoms with Gasteiger partial charge < -0.3 is 10.1 Å². The van der Waals surface area contributed by atoms with Crippen LogP contribution in [-0.2, 0) is 9.53 Å². The van der Waals surface area contributed by atoms with Gasteiger partial charge in [-0.2, -0.15) is 0 Å². The van der Waals surface area contributed by atoms with Gasteiger partial charge >= 0.3 is 0 Å². The third-order valence-corrected chi connectivity index (χ3v) is 3.10. The Kier molecular flexibility index (Phi) is 5.40. The van der Waals surface area contributed by atoms with Gasteiger partial charge in [-0.05, 0) is 26.2 Å². The van der Waals surface area contributed by atoms with Crippen LogP contribution in [0.25, 0.3) is 0 Å². The van der Waals surface area contributed by atoms with Crippen LogP contribution >= 0.6 is 11.6 Å². The van der Waals surface area contributed by atoms with Crippen LogP contribution in [0.1, 0.15) is 33.1 Å². The van der Waals surface area contributed by atoms with Crippen molar-refractivity contribution in [2.75, 3.05) is 12.5 Å². The standard InChI is InChI=1S/C11H20ClNO2/c1-3-10-9(5-7-15-10)11(14)13-8(2)4-6-12/h8-10H,3-7H2,1-2H3,(H,13,14). The van der Waals surface area contributed by atoms with E-state index < -0.39 is 0 Å². The SMILES string of the molecule is CCC1OCCC1C(=O)NC(C)CCCl. The summed E-state index contributed by atoms with van der Waals surface area (Å²) in [5.41, 5.74) is 0. The smallest absolute Gasteiger partial charge is 0.226 e. The fourth-order valence-electron chi connectivity index (χ4n) is 1.94.